The minimum Gasteiger partial charge on any atom is -0.480 e. The van der Waals surface area contributed by atoms with Gasteiger partial charge in [-0.2, -0.15) is 0 Å². The van der Waals surface area contributed by atoms with Crippen LogP contribution in [-0.2, 0) is 4.79 Å². The fraction of sp³-hybridized carbons (Fsp3) is 0.429. The van der Waals surface area contributed by atoms with Gasteiger partial charge in [-0.1, -0.05) is 18.8 Å². The molecule has 0 spiro atoms. The molecular formula is C21H25ClN2O4. The molecule has 0 aliphatic heterocycles. The summed E-state index contributed by atoms with van der Waals surface area (Å²) in [6.45, 7) is 3.53. The topological polar surface area (TPSA) is 113 Å². The summed E-state index contributed by atoms with van der Waals surface area (Å²) in [7, 11) is 0. The van der Waals surface area contributed by atoms with E-state index in [0.717, 1.165) is 6.42 Å². The lowest BCUT2D eigenvalue weighted by Crippen LogP contribution is -2.60. The number of carboxylic acids is 1. The fourth-order valence-electron chi connectivity index (χ4n) is 2.49. The molecule has 0 radical (unpaired) electrons. The number of nitrogens with one attached hydrogen (secondary N) is 1. The number of amides is 1. The van der Waals surface area contributed by atoms with Gasteiger partial charge in [-0.05, 0) is 61.8 Å². The summed E-state index contributed by atoms with van der Waals surface area (Å²) in [6, 6.07) is 5.32. The molecule has 1 aromatic carbocycles. The number of hydrogen-bond donors (Lipinski definition) is 4. The number of aliphatic hydroxyl groups excluding tert-OH is 1. The number of carbonyl (C=O) groups excluding carboxylic acids is 1. The van der Waals surface area contributed by atoms with Crippen LogP contribution in [0.25, 0.3) is 0 Å². The highest BCUT2D eigenvalue weighted by Crippen LogP contribution is 2.36. The molecule has 0 aromatic heterocycles. The first-order valence-electron chi connectivity index (χ1n) is 8.83. The number of nitrogens with two attached hydrogens (primary N) is 1. The molecule has 7 heteroatoms. The van der Waals surface area contributed by atoms with E-state index in [1.807, 2.05) is 0 Å². The molecule has 28 heavy (non-hydrogen) atoms. The van der Waals surface area contributed by atoms with Gasteiger partial charge in [0, 0.05) is 29.2 Å². The Morgan fingerprint density at radius 2 is 1.96 bits per heavy atom. The summed E-state index contributed by atoms with van der Waals surface area (Å²) in [5, 5.41) is 20.8. The van der Waals surface area contributed by atoms with Gasteiger partial charge in [0.05, 0.1) is 0 Å². The van der Waals surface area contributed by atoms with Crippen molar-refractivity contribution in [2.45, 2.75) is 38.3 Å². The quantitative estimate of drug-likeness (QED) is 0.535. The third-order valence-corrected chi connectivity index (χ3v) is 4.77. The average Bonchev–Trinajstić information content (AvgIpc) is 3.41. The molecular weight excluding hydrogens is 380 g/mol. The summed E-state index contributed by atoms with van der Waals surface area (Å²) < 4.78 is 0. The standard InChI is InChI=1S/C21H24N2O4.ClH/c1-3-21(2,22)18(20(26)27)23-19(25)15-10-8-14(9-11-15)6-4-5-7-16-12-17(16)13-24;/h8-11,16-18,24H,3,12-13,22H2,1-2H3,(H,23,25)(H,26,27);1H/t16-,17+,18?,21?;/m1./s1. The lowest BCUT2D eigenvalue weighted by atomic mass is 9.90. The first-order chi connectivity index (χ1) is 12.8. The van der Waals surface area contributed by atoms with Crippen molar-refractivity contribution in [1.82, 2.24) is 5.32 Å². The maximum absolute atomic E-state index is 12.3. The van der Waals surface area contributed by atoms with Crippen molar-refractivity contribution in [3.8, 4) is 23.7 Å². The molecule has 1 amide bonds. The number of benzene rings is 1. The number of rotatable bonds is 6. The van der Waals surface area contributed by atoms with Crippen molar-refractivity contribution in [2.75, 3.05) is 6.61 Å². The molecule has 1 aliphatic rings. The molecule has 0 bridgehead atoms. The van der Waals surface area contributed by atoms with E-state index >= 15 is 0 Å². The largest absolute Gasteiger partial charge is 0.480 e. The van der Waals surface area contributed by atoms with Crippen molar-refractivity contribution in [1.29, 1.82) is 0 Å². The monoisotopic (exact) mass is 404 g/mol. The zero-order chi connectivity index (χ0) is 20.0. The van der Waals surface area contributed by atoms with Crippen LogP contribution in [0.5, 0.6) is 0 Å². The summed E-state index contributed by atoms with van der Waals surface area (Å²) in [6.07, 6.45) is 1.33. The maximum Gasteiger partial charge on any atom is 0.328 e. The summed E-state index contributed by atoms with van der Waals surface area (Å²) >= 11 is 0. The van der Waals surface area contributed by atoms with E-state index in [4.69, 9.17) is 10.8 Å². The van der Waals surface area contributed by atoms with Gasteiger partial charge >= 0.3 is 5.97 Å². The van der Waals surface area contributed by atoms with Gasteiger partial charge in [0.15, 0.2) is 0 Å². The van der Waals surface area contributed by atoms with Crippen LogP contribution in [0.3, 0.4) is 0 Å². The third kappa shape index (κ3) is 6.28. The van der Waals surface area contributed by atoms with Crippen LogP contribution in [0.1, 0.15) is 42.6 Å². The zero-order valence-electron chi connectivity index (χ0n) is 15.9. The molecule has 150 valence electrons. The first-order valence-corrected chi connectivity index (χ1v) is 8.83. The minimum absolute atomic E-state index is 0. The predicted octanol–water partition coefficient (Wildman–Crippen LogP) is 1.40. The Morgan fingerprint density at radius 1 is 1.32 bits per heavy atom. The van der Waals surface area contributed by atoms with E-state index in [2.05, 4.69) is 29.0 Å². The van der Waals surface area contributed by atoms with E-state index in [0.29, 0.717) is 17.5 Å². The van der Waals surface area contributed by atoms with Gasteiger partial charge in [-0.3, -0.25) is 4.79 Å². The average molecular weight is 405 g/mol. The van der Waals surface area contributed by atoms with Gasteiger partial charge in [-0.15, -0.1) is 12.4 Å². The highest BCUT2D eigenvalue weighted by molar-refractivity contribution is 5.97. The van der Waals surface area contributed by atoms with Crippen molar-refractivity contribution in [3.05, 3.63) is 35.4 Å². The van der Waals surface area contributed by atoms with Crippen molar-refractivity contribution >= 4 is 24.3 Å². The van der Waals surface area contributed by atoms with E-state index in [1.165, 1.54) is 0 Å². The second-order valence-electron chi connectivity index (χ2n) is 6.99. The fourth-order valence-corrected chi connectivity index (χ4v) is 2.49. The second kappa shape index (κ2) is 10.1. The van der Waals surface area contributed by atoms with Gasteiger partial charge in [-0.25, -0.2) is 4.79 Å². The second-order valence-corrected chi connectivity index (χ2v) is 6.99. The van der Waals surface area contributed by atoms with Crippen LogP contribution in [0.4, 0.5) is 0 Å². The number of carboxylic acid groups (broad SMARTS) is 1. The molecule has 0 heterocycles. The Morgan fingerprint density at radius 3 is 2.46 bits per heavy atom. The number of hydrogen-bond acceptors (Lipinski definition) is 4. The van der Waals surface area contributed by atoms with E-state index in [-0.39, 0.29) is 30.8 Å². The first kappa shape index (κ1) is 23.5. The van der Waals surface area contributed by atoms with Crippen LogP contribution < -0.4 is 11.1 Å². The molecule has 6 nitrogen and oxygen atoms in total. The third-order valence-electron chi connectivity index (χ3n) is 4.77. The van der Waals surface area contributed by atoms with Crippen LogP contribution in [0.15, 0.2) is 24.3 Å². The number of carbonyl (C=O) groups is 2. The van der Waals surface area contributed by atoms with Crippen LogP contribution in [0.2, 0.25) is 0 Å². The lowest BCUT2D eigenvalue weighted by molar-refractivity contribution is -0.141. The predicted molar refractivity (Wildman–Crippen MR) is 109 cm³/mol. The number of aliphatic hydroxyl groups is 1. The molecule has 4 atom stereocenters. The molecule has 1 aromatic rings. The van der Waals surface area contributed by atoms with Crippen molar-refractivity contribution < 1.29 is 19.8 Å². The smallest absolute Gasteiger partial charge is 0.328 e. The zero-order valence-corrected chi connectivity index (χ0v) is 16.7. The Balaban J connectivity index is 0.00000392. The minimum atomic E-state index is -1.19. The summed E-state index contributed by atoms with van der Waals surface area (Å²) in [5.41, 5.74) is 5.95. The number of halogens is 1. The molecule has 2 rings (SSSR count). The van der Waals surface area contributed by atoms with E-state index in [9.17, 15) is 14.7 Å². The van der Waals surface area contributed by atoms with Gasteiger partial charge in [0.25, 0.3) is 5.91 Å². The molecule has 1 aliphatic carbocycles. The normalized spacial score (nSPS) is 20.0. The SMILES string of the molecule is CCC(C)(N)C(NC(=O)c1ccc(C#CC#C[C@@H]2C[C@H]2CO)cc1)C(=O)O.Cl. The highest BCUT2D eigenvalue weighted by atomic mass is 35.5. The highest BCUT2D eigenvalue weighted by Gasteiger charge is 2.36. The Hall–Kier alpha value is -2.51. The molecule has 0 saturated heterocycles. The van der Waals surface area contributed by atoms with Crippen LogP contribution in [-0.4, -0.2) is 40.3 Å². The molecule has 1 saturated carbocycles. The van der Waals surface area contributed by atoms with Crippen LogP contribution >= 0.6 is 12.4 Å². The molecule has 5 N–H and O–H groups in total. The summed E-state index contributed by atoms with van der Waals surface area (Å²) in [5.74, 6) is 10.3. The maximum atomic E-state index is 12.3. The molecule has 1 fully saturated rings. The molecule has 2 unspecified atom stereocenters. The van der Waals surface area contributed by atoms with Gasteiger partial charge in [0.1, 0.15) is 6.04 Å². The van der Waals surface area contributed by atoms with Gasteiger partial charge < -0.3 is 21.3 Å². The van der Waals surface area contributed by atoms with Crippen molar-refractivity contribution in [3.63, 3.8) is 0 Å². The lowest BCUT2D eigenvalue weighted by Gasteiger charge is -2.30. The Labute approximate surface area is 171 Å². The van der Waals surface area contributed by atoms with Crippen LogP contribution in [0, 0.1) is 35.5 Å². The van der Waals surface area contributed by atoms with E-state index < -0.39 is 23.5 Å². The van der Waals surface area contributed by atoms with Gasteiger partial charge in [0.2, 0.25) is 0 Å². The number of aliphatic carboxylic acids is 1. The Bertz CT molecular complexity index is 828. The Kier molecular flexibility index (Phi) is 8.53. The van der Waals surface area contributed by atoms with E-state index in [1.54, 1.807) is 38.1 Å². The summed E-state index contributed by atoms with van der Waals surface area (Å²) in [4.78, 5) is 23.8. The van der Waals surface area contributed by atoms with Crippen molar-refractivity contribution in [2.24, 2.45) is 17.6 Å².